The third-order valence-corrected chi connectivity index (χ3v) is 4.70. The summed E-state index contributed by atoms with van der Waals surface area (Å²) < 4.78 is 0. The second kappa shape index (κ2) is 8.11. The molecule has 0 saturated carbocycles. The first-order valence-corrected chi connectivity index (χ1v) is 8.45. The lowest BCUT2D eigenvalue weighted by atomic mass is 10.0. The molecular weight excluding hydrogens is 264 g/mol. The molecule has 122 valence electrons. The molecule has 5 heteroatoms. The fourth-order valence-corrected chi connectivity index (χ4v) is 3.40. The summed E-state index contributed by atoms with van der Waals surface area (Å²) in [6.45, 7) is 8.68. The van der Waals surface area contributed by atoms with Gasteiger partial charge in [0.1, 0.15) is 0 Å². The van der Waals surface area contributed by atoms with Crippen molar-refractivity contribution in [1.29, 1.82) is 0 Å². The van der Waals surface area contributed by atoms with Crippen molar-refractivity contribution in [2.75, 3.05) is 53.4 Å². The van der Waals surface area contributed by atoms with E-state index in [1.807, 2.05) is 14.1 Å². The molecule has 0 bridgehead atoms. The van der Waals surface area contributed by atoms with E-state index in [0.717, 1.165) is 25.9 Å². The molecule has 0 spiro atoms. The van der Waals surface area contributed by atoms with Gasteiger partial charge in [0.2, 0.25) is 5.91 Å². The van der Waals surface area contributed by atoms with Gasteiger partial charge in [0.05, 0.1) is 6.54 Å². The van der Waals surface area contributed by atoms with Crippen LogP contribution in [0.2, 0.25) is 0 Å². The van der Waals surface area contributed by atoms with Crippen LogP contribution >= 0.6 is 0 Å². The molecule has 0 aromatic heterocycles. The van der Waals surface area contributed by atoms with Crippen LogP contribution in [-0.4, -0.2) is 86.1 Å². The van der Waals surface area contributed by atoms with E-state index >= 15 is 0 Å². The normalized spacial score (nSPS) is 23.4. The number of hydrogen-bond acceptors (Lipinski definition) is 4. The number of hydrogen-bond donors (Lipinski definition) is 1. The van der Waals surface area contributed by atoms with Crippen LogP contribution in [0.4, 0.5) is 0 Å². The highest BCUT2D eigenvalue weighted by molar-refractivity contribution is 5.77. The Labute approximate surface area is 129 Å². The molecule has 2 aliphatic heterocycles. The molecule has 2 rings (SSSR count). The topological polar surface area (TPSA) is 38.8 Å². The maximum atomic E-state index is 11.7. The Kier molecular flexibility index (Phi) is 6.45. The molecule has 2 heterocycles. The SMILES string of the molecule is CC(CN1CCCC1)NC1CCN(CC(=O)N(C)C)CC1. The average Bonchev–Trinajstić information content (AvgIpc) is 2.93. The van der Waals surface area contributed by atoms with Crippen molar-refractivity contribution in [1.82, 2.24) is 20.0 Å². The lowest BCUT2D eigenvalue weighted by molar-refractivity contribution is -0.130. The van der Waals surface area contributed by atoms with E-state index in [4.69, 9.17) is 0 Å². The van der Waals surface area contributed by atoms with Gasteiger partial charge in [0.25, 0.3) is 0 Å². The minimum Gasteiger partial charge on any atom is -0.348 e. The first-order chi connectivity index (χ1) is 10.0. The predicted octanol–water partition coefficient (Wildman–Crippen LogP) is 0.613. The van der Waals surface area contributed by atoms with Gasteiger partial charge < -0.3 is 15.1 Å². The van der Waals surface area contributed by atoms with Crippen LogP contribution in [0.1, 0.15) is 32.6 Å². The Hall–Kier alpha value is -0.650. The summed E-state index contributed by atoms with van der Waals surface area (Å²) in [7, 11) is 3.66. The summed E-state index contributed by atoms with van der Waals surface area (Å²) in [5, 5.41) is 3.78. The fourth-order valence-electron chi connectivity index (χ4n) is 3.40. The zero-order chi connectivity index (χ0) is 15.2. The van der Waals surface area contributed by atoms with Crippen LogP contribution in [-0.2, 0) is 4.79 Å². The molecule has 1 atom stereocenters. The maximum absolute atomic E-state index is 11.7. The Morgan fingerprint density at radius 3 is 2.33 bits per heavy atom. The number of piperidine rings is 1. The van der Waals surface area contributed by atoms with Gasteiger partial charge in [-0.1, -0.05) is 0 Å². The van der Waals surface area contributed by atoms with E-state index in [-0.39, 0.29) is 5.91 Å². The van der Waals surface area contributed by atoms with E-state index in [1.54, 1.807) is 4.90 Å². The average molecular weight is 296 g/mol. The molecule has 21 heavy (non-hydrogen) atoms. The van der Waals surface area contributed by atoms with Crippen molar-refractivity contribution in [3.8, 4) is 0 Å². The largest absolute Gasteiger partial charge is 0.348 e. The summed E-state index contributed by atoms with van der Waals surface area (Å²) in [6, 6.07) is 1.19. The Morgan fingerprint density at radius 1 is 1.14 bits per heavy atom. The van der Waals surface area contributed by atoms with E-state index < -0.39 is 0 Å². The lowest BCUT2D eigenvalue weighted by Crippen LogP contribution is -2.49. The highest BCUT2D eigenvalue weighted by Gasteiger charge is 2.23. The van der Waals surface area contributed by atoms with Crippen LogP contribution < -0.4 is 5.32 Å². The maximum Gasteiger partial charge on any atom is 0.236 e. The first kappa shape index (κ1) is 16.7. The number of rotatable bonds is 6. The van der Waals surface area contributed by atoms with Crippen molar-refractivity contribution in [2.45, 2.75) is 44.7 Å². The van der Waals surface area contributed by atoms with Gasteiger partial charge in [-0.3, -0.25) is 9.69 Å². The van der Waals surface area contributed by atoms with Gasteiger partial charge in [-0.15, -0.1) is 0 Å². The summed E-state index contributed by atoms with van der Waals surface area (Å²) in [5.74, 6) is 0.212. The molecular formula is C16H32N4O. The molecule has 2 aliphatic rings. The summed E-state index contributed by atoms with van der Waals surface area (Å²) in [4.78, 5) is 18.3. The highest BCUT2D eigenvalue weighted by atomic mass is 16.2. The van der Waals surface area contributed by atoms with Crippen molar-refractivity contribution in [3.05, 3.63) is 0 Å². The summed E-state index contributed by atoms with van der Waals surface area (Å²) in [5.41, 5.74) is 0. The van der Waals surface area contributed by atoms with Crippen LogP contribution in [0.3, 0.4) is 0 Å². The third kappa shape index (κ3) is 5.57. The molecule has 1 N–H and O–H groups in total. The smallest absolute Gasteiger partial charge is 0.236 e. The molecule has 0 aromatic rings. The first-order valence-electron chi connectivity index (χ1n) is 8.45. The van der Waals surface area contributed by atoms with Gasteiger partial charge in [-0.2, -0.15) is 0 Å². The van der Waals surface area contributed by atoms with E-state index in [0.29, 0.717) is 18.6 Å². The standard InChI is InChI=1S/C16H32N4O/c1-14(12-19-8-4-5-9-19)17-15-6-10-20(11-7-15)13-16(21)18(2)3/h14-15,17H,4-13H2,1-3H3. The van der Waals surface area contributed by atoms with Crippen molar-refractivity contribution in [2.24, 2.45) is 0 Å². The second-order valence-corrected chi connectivity index (χ2v) is 6.91. The highest BCUT2D eigenvalue weighted by Crippen LogP contribution is 2.12. The number of carbonyl (C=O) groups is 1. The molecule has 0 aliphatic carbocycles. The minimum absolute atomic E-state index is 0.212. The second-order valence-electron chi connectivity index (χ2n) is 6.91. The van der Waals surface area contributed by atoms with Crippen LogP contribution in [0.25, 0.3) is 0 Å². The number of carbonyl (C=O) groups excluding carboxylic acids is 1. The van der Waals surface area contributed by atoms with E-state index in [1.165, 1.54) is 32.5 Å². The summed E-state index contributed by atoms with van der Waals surface area (Å²) in [6.07, 6.45) is 5.05. The fraction of sp³-hybridized carbons (Fsp3) is 0.938. The molecule has 5 nitrogen and oxygen atoms in total. The minimum atomic E-state index is 0.212. The molecule has 2 saturated heterocycles. The van der Waals surface area contributed by atoms with Crippen LogP contribution in [0.15, 0.2) is 0 Å². The van der Waals surface area contributed by atoms with Crippen molar-refractivity contribution < 1.29 is 4.79 Å². The molecule has 2 fully saturated rings. The van der Waals surface area contributed by atoms with Gasteiger partial charge in [0.15, 0.2) is 0 Å². The lowest BCUT2D eigenvalue weighted by Gasteiger charge is -2.34. The van der Waals surface area contributed by atoms with E-state index in [2.05, 4.69) is 22.0 Å². The number of amides is 1. The van der Waals surface area contributed by atoms with Crippen molar-refractivity contribution >= 4 is 5.91 Å². The zero-order valence-electron chi connectivity index (χ0n) is 14.0. The van der Waals surface area contributed by atoms with Crippen LogP contribution in [0.5, 0.6) is 0 Å². The van der Waals surface area contributed by atoms with Gasteiger partial charge in [-0.05, 0) is 45.7 Å². The molecule has 1 amide bonds. The number of likely N-dealkylation sites (tertiary alicyclic amines) is 2. The van der Waals surface area contributed by atoms with Crippen LogP contribution in [0, 0.1) is 0 Å². The van der Waals surface area contributed by atoms with Crippen molar-refractivity contribution in [3.63, 3.8) is 0 Å². The number of nitrogens with zero attached hydrogens (tertiary/aromatic N) is 3. The Bertz CT molecular complexity index is 320. The zero-order valence-corrected chi connectivity index (χ0v) is 14.0. The number of nitrogens with one attached hydrogen (secondary N) is 1. The Balaban J connectivity index is 1.63. The van der Waals surface area contributed by atoms with Gasteiger partial charge in [-0.25, -0.2) is 0 Å². The monoisotopic (exact) mass is 296 g/mol. The third-order valence-electron chi connectivity index (χ3n) is 4.70. The quantitative estimate of drug-likeness (QED) is 0.780. The summed E-state index contributed by atoms with van der Waals surface area (Å²) >= 11 is 0. The Morgan fingerprint density at radius 2 is 1.76 bits per heavy atom. The number of likely N-dealkylation sites (N-methyl/N-ethyl adjacent to an activating group) is 1. The van der Waals surface area contributed by atoms with E-state index in [9.17, 15) is 4.79 Å². The van der Waals surface area contributed by atoms with Gasteiger partial charge in [0, 0.05) is 45.8 Å². The molecule has 0 radical (unpaired) electrons. The predicted molar refractivity (Wildman–Crippen MR) is 86.4 cm³/mol. The molecule has 0 aromatic carbocycles. The molecule has 1 unspecified atom stereocenters. The van der Waals surface area contributed by atoms with Gasteiger partial charge >= 0.3 is 0 Å².